The summed E-state index contributed by atoms with van der Waals surface area (Å²) in [5, 5.41) is 0.961. The van der Waals surface area contributed by atoms with Crippen molar-refractivity contribution in [3.05, 3.63) is 17.8 Å². The highest BCUT2D eigenvalue weighted by Crippen LogP contribution is 2.33. The van der Waals surface area contributed by atoms with Crippen LogP contribution in [0.4, 0.5) is 5.69 Å². The highest BCUT2D eigenvalue weighted by atomic mass is 32.2. The number of anilines is 1. The number of nitrogens with zero attached hydrogens (tertiary/aromatic N) is 1. The molecule has 0 amide bonds. The van der Waals surface area contributed by atoms with E-state index in [1.165, 1.54) is 7.11 Å². The van der Waals surface area contributed by atoms with Gasteiger partial charge in [-0.3, -0.25) is 0 Å². The number of thioether (sulfide) groups is 1. The zero-order valence-corrected chi connectivity index (χ0v) is 11.2. The average Bonchev–Trinajstić information content (AvgIpc) is 2.76. The first-order chi connectivity index (χ1) is 8.61. The fourth-order valence-corrected chi connectivity index (χ4v) is 2.98. The second-order valence-corrected chi connectivity index (χ2v) is 5.36. The first-order valence-corrected chi connectivity index (χ1v) is 6.62. The molecule has 1 fully saturated rings. The summed E-state index contributed by atoms with van der Waals surface area (Å²) >= 11 is 1.55. The maximum absolute atomic E-state index is 11.7. The van der Waals surface area contributed by atoms with Gasteiger partial charge in [-0.05, 0) is 19.4 Å². The number of methoxy groups -OCH3 is 1. The normalized spacial score (nSPS) is 23.0. The Morgan fingerprint density at radius 1 is 1.67 bits per heavy atom. The zero-order valence-electron chi connectivity index (χ0n) is 10.4. The number of carbonyl (C=O) groups excluding carboxylic acids is 1. The molecule has 6 heteroatoms. The smallest absolute Gasteiger partial charge is 0.340 e. The van der Waals surface area contributed by atoms with E-state index in [0.717, 1.165) is 13.0 Å². The summed E-state index contributed by atoms with van der Waals surface area (Å²) in [7, 11) is 1.35. The van der Waals surface area contributed by atoms with E-state index in [4.69, 9.17) is 15.2 Å². The van der Waals surface area contributed by atoms with Crippen LogP contribution in [-0.2, 0) is 9.47 Å². The summed E-state index contributed by atoms with van der Waals surface area (Å²) in [5.41, 5.74) is 6.52. The van der Waals surface area contributed by atoms with E-state index >= 15 is 0 Å². The largest absolute Gasteiger partial charge is 0.465 e. The number of hydrogen-bond donors (Lipinski definition) is 1. The maximum Gasteiger partial charge on any atom is 0.340 e. The van der Waals surface area contributed by atoms with Crippen molar-refractivity contribution in [2.75, 3.05) is 19.5 Å². The lowest BCUT2D eigenvalue weighted by atomic mass is 10.2. The number of pyridine rings is 1. The van der Waals surface area contributed by atoms with Crippen LogP contribution in [0, 0.1) is 0 Å². The molecule has 98 valence electrons. The lowest BCUT2D eigenvalue weighted by Crippen LogP contribution is -2.15. The van der Waals surface area contributed by atoms with Gasteiger partial charge in [-0.1, -0.05) is 11.8 Å². The molecule has 2 unspecified atom stereocenters. The van der Waals surface area contributed by atoms with E-state index in [2.05, 4.69) is 4.98 Å². The number of esters is 1. The van der Waals surface area contributed by atoms with Gasteiger partial charge in [-0.25, -0.2) is 9.78 Å². The molecule has 1 aliphatic heterocycles. The summed E-state index contributed by atoms with van der Waals surface area (Å²) in [4.78, 5) is 15.9. The van der Waals surface area contributed by atoms with Gasteiger partial charge in [0.2, 0.25) is 0 Å². The molecule has 0 aliphatic carbocycles. The first-order valence-electron chi connectivity index (χ1n) is 5.74. The Hall–Kier alpha value is -1.27. The number of ether oxygens (including phenoxy) is 2. The topological polar surface area (TPSA) is 74.4 Å². The monoisotopic (exact) mass is 268 g/mol. The Kier molecular flexibility index (Phi) is 4.08. The van der Waals surface area contributed by atoms with Gasteiger partial charge in [0, 0.05) is 11.9 Å². The number of rotatable bonds is 3. The van der Waals surface area contributed by atoms with Crippen LogP contribution in [0.25, 0.3) is 0 Å². The third-order valence-electron chi connectivity index (χ3n) is 2.85. The molecule has 0 aromatic carbocycles. The van der Waals surface area contributed by atoms with Crippen molar-refractivity contribution in [2.45, 2.75) is 29.7 Å². The van der Waals surface area contributed by atoms with Crippen LogP contribution in [0.5, 0.6) is 0 Å². The third-order valence-corrected chi connectivity index (χ3v) is 4.32. The van der Waals surface area contributed by atoms with Gasteiger partial charge in [-0.2, -0.15) is 0 Å². The van der Waals surface area contributed by atoms with Crippen molar-refractivity contribution in [3.8, 4) is 0 Å². The average molecular weight is 268 g/mol. The van der Waals surface area contributed by atoms with Gasteiger partial charge in [0.05, 0.1) is 30.7 Å². The van der Waals surface area contributed by atoms with Crippen LogP contribution >= 0.6 is 11.8 Å². The molecular formula is C12H16N2O3S. The molecule has 1 aliphatic rings. The zero-order chi connectivity index (χ0) is 13.1. The quantitative estimate of drug-likeness (QED) is 0.841. The molecule has 0 bridgehead atoms. The number of carbonyl (C=O) groups is 1. The number of aromatic nitrogens is 1. The number of nitrogen functional groups attached to an aromatic ring is 1. The van der Waals surface area contributed by atoms with Gasteiger partial charge < -0.3 is 15.2 Å². The van der Waals surface area contributed by atoms with E-state index in [0.29, 0.717) is 21.5 Å². The fraction of sp³-hybridized carbons (Fsp3) is 0.500. The summed E-state index contributed by atoms with van der Waals surface area (Å²) < 4.78 is 10.2. The second kappa shape index (κ2) is 5.58. The van der Waals surface area contributed by atoms with Crippen molar-refractivity contribution in [2.24, 2.45) is 0 Å². The highest BCUT2D eigenvalue weighted by Gasteiger charge is 2.27. The second-order valence-electron chi connectivity index (χ2n) is 4.13. The summed E-state index contributed by atoms with van der Waals surface area (Å²) in [6.45, 7) is 2.78. The molecule has 1 saturated heterocycles. The van der Waals surface area contributed by atoms with Crippen molar-refractivity contribution < 1.29 is 14.3 Å². The maximum atomic E-state index is 11.7. The molecule has 1 aromatic heterocycles. The standard InChI is InChI=1S/C12H16N2O3S/c1-7-10(3-4-17-7)18-11-9(12(15)16-2)5-8(13)6-14-11/h5-7,10H,3-4,13H2,1-2H3. The predicted molar refractivity (Wildman–Crippen MR) is 69.7 cm³/mol. The lowest BCUT2D eigenvalue weighted by Gasteiger charge is -2.14. The van der Waals surface area contributed by atoms with E-state index in [1.807, 2.05) is 6.92 Å². The van der Waals surface area contributed by atoms with E-state index in [1.54, 1.807) is 24.0 Å². The Balaban J connectivity index is 2.23. The molecular weight excluding hydrogens is 252 g/mol. The highest BCUT2D eigenvalue weighted by molar-refractivity contribution is 8.00. The van der Waals surface area contributed by atoms with Crippen molar-refractivity contribution in [3.63, 3.8) is 0 Å². The van der Waals surface area contributed by atoms with Gasteiger partial charge in [0.25, 0.3) is 0 Å². The van der Waals surface area contributed by atoms with Gasteiger partial charge in [-0.15, -0.1) is 0 Å². The molecule has 0 spiro atoms. The Bertz CT molecular complexity index is 453. The molecule has 5 nitrogen and oxygen atoms in total. The van der Waals surface area contributed by atoms with E-state index in [-0.39, 0.29) is 6.10 Å². The molecule has 2 atom stereocenters. The minimum Gasteiger partial charge on any atom is -0.465 e. The summed E-state index contributed by atoms with van der Waals surface area (Å²) in [5.74, 6) is -0.413. The van der Waals surface area contributed by atoms with Gasteiger partial charge >= 0.3 is 5.97 Å². The fourth-order valence-electron chi connectivity index (χ4n) is 1.83. The SMILES string of the molecule is COC(=O)c1cc(N)cnc1SC1CCOC1C. The third kappa shape index (κ3) is 2.76. The van der Waals surface area contributed by atoms with Gasteiger partial charge in [0.1, 0.15) is 5.03 Å². The molecule has 0 saturated carbocycles. The first kappa shape index (κ1) is 13.2. The van der Waals surface area contributed by atoms with E-state index in [9.17, 15) is 4.79 Å². The van der Waals surface area contributed by atoms with Crippen LogP contribution in [0.3, 0.4) is 0 Å². The minimum absolute atomic E-state index is 0.167. The summed E-state index contributed by atoms with van der Waals surface area (Å²) in [6, 6.07) is 1.60. The molecule has 0 radical (unpaired) electrons. The van der Waals surface area contributed by atoms with Crippen molar-refractivity contribution in [1.29, 1.82) is 0 Å². The number of hydrogen-bond acceptors (Lipinski definition) is 6. The molecule has 2 N–H and O–H groups in total. The Morgan fingerprint density at radius 2 is 2.44 bits per heavy atom. The van der Waals surface area contributed by atoms with Crippen LogP contribution in [-0.4, -0.2) is 36.0 Å². The minimum atomic E-state index is -0.413. The molecule has 2 heterocycles. The number of nitrogens with two attached hydrogens (primary N) is 1. The van der Waals surface area contributed by atoms with Crippen LogP contribution in [0.2, 0.25) is 0 Å². The van der Waals surface area contributed by atoms with Crippen LogP contribution in [0.1, 0.15) is 23.7 Å². The molecule has 18 heavy (non-hydrogen) atoms. The lowest BCUT2D eigenvalue weighted by molar-refractivity contribution is 0.0596. The Morgan fingerprint density at radius 3 is 3.06 bits per heavy atom. The van der Waals surface area contributed by atoms with Crippen molar-refractivity contribution >= 4 is 23.4 Å². The van der Waals surface area contributed by atoms with Gasteiger partial charge in [0.15, 0.2) is 0 Å². The van der Waals surface area contributed by atoms with Crippen molar-refractivity contribution in [1.82, 2.24) is 4.98 Å². The Labute approximate surface area is 110 Å². The molecule has 1 aromatic rings. The predicted octanol–water partition coefficient (Wildman–Crippen LogP) is 1.72. The molecule has 2 rings (SSSR count). The van der Waals surface area contributed by atoms with Crippen LogP contribution in [0.15, 0.2) is 17.3 Å². The van der Waals surface area contributed by atoms with E-state index < -0.39 is 5.97 Å². The summed E-state index contributed by atoms with van der Waals surface area (Å²) in [6.07, 6.45) is 2.67. The van der Waals surface area contributed by atoms with Crippen LogP contribution < -0.4 is 5.73 Å².